The van der Waals surface area contributed by atoms with Crippen LogP contribution in [0, 0.1) is 0 Å². The number of hydrogen-bond acceptors (Lipinski definition) is 5. The lowest BCUT2D eigenvalue weighted by Gasteiger charge is -2.34. The van der Waals surface area contributed by atoms with Crippen molar-refractivity contribution < 1.29 is 5.11 Å². The fourth-order valence-electron chi connectivity index (χ4n) is 2.13. The van der Waals surface area contributed by atoms with Crippen molar-refractivity contribution in [2.75, 3.05) is 12.4 Å². The Morgan fingerprint density at radius 2 is 2.05 bits per heavy atom. The molecule has 2 N–H and O–H groups in total. The van der Waals surface area contributed by atoms with Gasteiger partial charge in [-0.25, -0.2) is 9.97 Å². The minimum atomic E-state index is -0.147. The third kappa shape index (κ3) is 5.89. The molecule has 19 heavy (non-hydrogen) atoms. The first-order chi connectivity index (χ1) is 9.12. The molecule has 1 atom stereocenters. The Bertz CT molecular complexity index is 342. The molecule has 0 amide bonds. The van der Waals surface area contributed by atoms with Crippen LogP contribution in [0.3, 0.4) is 0 Å². The lowest BCUT2D eigenvalue weighted by Crippen LogP contribution is -2.51. The van der Waals surface area contributed by atoms with Crippen LogP contribution < -0.4 is 5.32 Å². The molecule has 1 aromatic heterocycles. The summed E-state index contributed by atoms with van der Waals surface area (Å²) in [6.45, 7) is 6.55. The van der Waals surface area contributed by atoms with Crippen LogP contribution in [-0.2, 0) is 0 Å². The van der Waals surface area contributed by atoms with E-state index in [9.17, 15) is 5.11 Å². The van der Waals surface area contributed by atoms with E-state index in [0.29, 0.717) is 6.04 Å². The van der Waals surface area contributed by atoms with Gasteiger partial charge in [-0.15, -0.1) is 0 Å². The van der Waals surface area contributed by atoms with E-state index in [-0.39, 0.29) is 12.1 Å². The van der Waals surface area contributed by atoms with Crippen LogP contribution in [-0.4, -0.2) is 39.0 Å². The minimum absolute atomic E-state index is 0.147. The summed E-state index contributed by atoms with van der Waals surface area (Å²) in [6, 6.07) is 2.21. The summed E-state index contributed by atoms with van der Waals surface area (Å²) in [6.07, 6.45) is 6.47. The predicted molar refractivity (Wildman–Crippen MR) is 80.4 cm³/mol. The largest absolute Gasteiger partial charge is 0.394 e. The van der Waals surface area contributed by atoms with Gasteiger partial charge in [0.2, 0.25) is 0 Å². The second-order valence-corrected chi connectivity index (χ2v) is 6.14. The zero-order chi connectivity index (χ0) is 14.1. The minimum Gasteiger partial charge on any atom is -0.394 e. The number of thioether (sulfide) groups is 1. The molecule has 0 saturated heterocycles. The van der Waals surface area contributed by atoms with Crippen molar-refractivity contribution in [2.24, 2.45) is 0 Å². The molecule has 1 rings (SSSR count). The first kappa shape index (κ1) is 16.4. The standard InChI is InChI=1S/C14H25N3OS/c1-4-14(11-18,17-12(2)3)7-5-10-19-13-15-8-6-9-16-13/h6,8-9,12,17-18H,4-5,7,10-11H2,1-3H3. The first-order valence-corrected chi connectivity index (χ1v) is 7.89. The van der Waals surface area contributed by atoms with Gasteiger partial charge in [0, 0.05) is 29.7 Å². The van der Waals surface area contributed by atoms with Gasteiger partial charge in [0.15, 0.2) is 5.16 Å². The van der Waals surface area contributed by atoms with E-state index in [2.05, 4.69) is 36.1 Å². The number of nitrogens with zero attached hydrogens (tertiary/aromatic N) is 2. The highest BCUT2D eigenvalue weighted by molar-refractivity contribution is 7.99. The average Bonchev–Trinajstić information content (AvgIpc) is 2.43. The van der Waals surface area contributed by atoms with Gasteiger partial charge in [0.25, 0.3) is 0 Å². The number of nitrogens with one attached hydrogen (secondary N) is 1. The summed E-state index contributed by atoms with van der Waals surface area (Å²) >= 11 is 1.67. The molecule has 5 heteroatoms. The topological polar surface area (TPSA) is 58.0 Å². The highest BCUT2D eigenvalue weighted by atomic mass is 32.2. The SMILES string of the molecule is CCC(CO)(CCCSc1ncccn1)NC(C)C. The molecular weight excluding hydrogens is 258 g/mol. The summed E-state index contributed by atoms with van der Waals surface area (Å²) < 4.78 is 0. The number of hydrogen-bond donors (Lipinski definition) is 2. The Morgan fingerprint density at radius 3 is 2.58 bits per heavy atom. The van der Waals surface area contributed by atoms with Gasteiger partial charge in [0.1, 0.15) is 0 Å². The molecule has 0 radical (unpaired) electrons. The van der Waals surface area contributed by atoms with Crippen LogP contribution in [0.25, 0.3) is 0 Å². The first-order valence-electron chi connectivity index (χ1n) is 6.90. The smallest absolute Gasteiger partial charge is 0.187 e. The van der Waals surface area contributed by atoms with Crippen LogP contribution in [0.2, 0.25) is 0 Å². The molecule has 0 aliphatic rings. The second-order valence-electron chi connectivity index (χ2n) is 5.07. The summed E-state index contributed by atoms with van der Waals surface area (Å²) in [5.41, 5.74) is -0.147. The van der Waals surface area contributed by atoms with Gasteiger partial charge in [-0.1, -0.05) is 32.5 Å². The number of rotatable bonds is 9. The van der Waals surface area contributed by atoms with Crippen LogP contribution in [0.4, 0.5) is 0 Å². The van der Waals surface area contributed by atoms with Crippen LogP contribution in [0.5, 0.6) is 0 Å². The van der Waals surface area contributed by atoms with Crippen molar-refractivity contribution in [1.82, 2.24) is 15.3 Å². The van der Waals surface area contributed by atoms with Crippen molar-refractivity contribution in [3.8, 4) is 0 Å². The van der Waals surface area contributed by atoms with Gasteiger partial charge in [-0.05, 0) is 25.3 Å². The van der Waals surface area contributed by atoms with Crippen molar-refractivity contribution >= 4 is 11.8 Å². The van der Waals surface area contributed by atoms with E-state index >= 15 is 0 Å². The van der Waals surface area contributed by atoms with Gasteiger partial charge < -0.3 is 10.4 Å². The molecule has 0 aromatic carbocycles. The molecule has 1 unspecified atom stereocenters. The van der Waals surface area contributed by atoms with Crippen LogP contribution >= 0.6 is 11.8 Å². The highest BCUT2D eigenvalue weighted by Gasteiger charge is 2.27. The molecule has 0 bridgehead atoms. The molecule has 108 valence electrons. The molecule has 0 spiro atoms. The van der Waals surface area contributed by atoms with Gasteiger partial charge in [0.05, 0.1) is 6.61 Å². The van der Waals surface area contributed by atoms with Crippen molar-refractivity contribution in [3.05, 3.63) is 18.5 Å². The number of aromatic nitrogens is 2. The third-order valence-corrected chi connectivity index (χ3v) is 4.11. The molecule has 1 heterocycles. The highest BCUT2D eigenvalue weighted by Crippen LogP contribution is 2.21. The fraction of sp³-hybridized carbons (Fsp3) is 0.714. The van der Waals surface area contributed by atoms with Crippen molar-refractivity contribution in [2.45, 2.75) is 56.8 Å². The monoisotopic (exact) mass is 283 g/mol. The Labute approximate surface area is 120 Å². The predicted octanol–water partition coefficient (Wildman–Crippen LogP) is 2.49. The van der Waals surface area contributed by atoms with E-state index in [1.165, 1.54) is 0 Å². The number of aliphatic hydroxyl groups excluding tert-OH is 1. The van der Waals surface area contributed by atoms with E-state index < -0.39 is 0 Å². The molecule has 0 aliphatic heterocycles. The molecule has 0 aliphatic carbocycles. The van der Waals surface area contributed by atoms with E-state index in [4.69, 9.17) is 0 Å². The number of aliphatic hydroxyl groups is 1. The average molecular weight is 283 g/mol. The summed E-state index contributed by atoms with van der Waals surface area (Å²) in [7, 11) is 0. The van der Waals surface area contributed by atoms with Gasteiger partial charge >= 0.3 is 0 Å². The van der Waals surface area contributed by atoms with Crippen LogP contribution in [0.1, 0.15) is 40.0 Å². The van der Waals surface area contributed by atoms with Gasteiger partial charge in [-0.3, -0.25) is 0 Å². The summed E-state index contributed by atoms with van der Waals surface area (Å²) in [5, 5.41) is 14.0. The lowest BCUT2D eigenvalue weighted by atomic mass is 9.91. The Kier molecular flexibility index (Phi) is 7.34. The quantitative estimate of drug-likeness (QED) is 0.414. The fourth-order valence-corrected chi connectivity index (χ4v) is 2.88. The summed E-state index contributed by atoms with van der Waals surface area (Å²) in [5.74, 6) is 0.978. The molecule has 0 fully saturated rings. The van der Waals surface area contributed by atoms with E-state index in [1.807, 2.05) is 6.07 Å². The molecule has 1 aromatic rings. The van der Waals surface area contributed by atoms with Crippen molar-refractivity contribution in [1.29, 1.82) is 0 Å². The van der Waals surface area contributed by atoms with Crippen LogP contribution in [0.15, 0.2) is 23.6 Å². The Morgan fingerprint density at radius 1 is 1.37 bits per heavy atom. The maximum absolute atomic E-state index is 9.65. The summed E-state index contributed by atoms with van der Waals surface area (Å²) in [4.78, 5) is 8.38. The van der Waals surface area contributed by atoms with E-state index in [1.54, 1.807) is 24.2 Å². The molecule has 0 saturated carbocycles. The zero-order valence-electron chi connectivity index (χ0n) is 12.1. The normalized spacial score (nSPS) is 14.6. The lowest BCUT2D eigenvalue weighted by molar-refractivity contribution is 0.137. The molecular formula is C14H25N3OS. The zero-order valence-corrected chi connectivity index (χ0v) is 12.9. The maximum Gasteiger partial charge on any atom is 0.187 e. The van der Waals surface area contributed by atoms with Crippen molar-refractivity contribution in [3.63, 3.8) is 0 Å². The second kappa shape index (κ2) is 8.51. The van der Waals surface area contributed by atoms with E-state index in [0.717, 1.165) is 30.2 Å². The third-order valence-electron chi connectivity index (χ3n) is 3.15. The van der Waals surface area contributed by atoms with Gasteiger partial charge in [-0.2, -0.15) is 0 Å². The maximum atomic E-state index is 9.65. The Hall–Kier alpha value is -0.650. The Balaban J connectivity index is 2.36. The molecule has 4 nitrogen and oxygen atoms in total.